The predicted octanol–water partition coefficient (Wildman–Crippen LogP) is 3.79. The van der Waals surface area contributed by atoms with Gasteiger partial charge in [-0.15, -0.1) is 0 Å². The van der Waals surface area contributed by atoms with Crippen molar-refractivity contribution < 1.29 is 9.53 Å². The lowest BCUT2D eigenvalue weighted by Crippen LogP contribution is -2.28. The van der Waals surface area contributed by atoms with E-state index in [-0.39, 0.29) is 11.9 Å². The van der Waals surface area contributed by atoms with Crippen molar-refractivity contribution in [1.82, 2.24) is 15.3 Å². The first-order valence-corrected chi connectivity index (χ1v) is 8.70. The van der Waals surface area contributed by atoms with Gasteiger partial charge in [-0.1, -0.05) is 36.4 Å². The Balaban J connectivity index is 1.64. The second-order valence-corrected chi connectivity index (χ2v) is 6.23. The third-order valence-corrected chi connectivity index (χ3v) is 4.54. The van der Waals surface area contributed by atoms with Gasteiger partial charge in [0.05, 0.1) is 12.6 Å². The van der Waals surface area contributed by atoms with Gasteiger partial charge in [0, 0.05) is 29.1 Å². The van der Waals surface area contributed by atoms with Crippen LogP contribution in [0.1, 0.15) is 34.8 Å². The molecule has 26 heavy (non-hydrogen) atoms. The van der Waals surface area contributed by atoms with Crippen LogP contribution in [0, 0.1) is 0 Å². The SMILES string of the molecule is O=C(N[C@H]1CCCOc2ccccc21)c1ccccc1-c1cncnc1. The van der Waals surface area contributed by atoms with Gasteiger partial charge in [0.2, 0.25) is 0 Å². The van der Waals surface area contributed by atoms with E-state index in [0.717, 1.165) is 35.3 Å². The molecule has 3 aromatic rings. The molecule has 1 amide bonds. The second-order valence-electron chi connectivity index (χ2n) is 6.23. The summed E-state index contributed by atoms with van der Waals surface area (Å²) in [6.45, 7) is 0.668. The van der Waals surface area contributed by atoms with Gasteiger partial charge in [0.1, 0.15) is 12.1 Å². The molecule has 5 heteroatoms. The third-order valence-electron chi connectivity index (χ3n) is 4.54. The van der Waals surface area contributed by atoms with Crippen LogP contribution in [-0.4, -0.2) is 22.5 Å². The number of carbonyl (C=O) groups is 1. The number of rotatable bonds is 3. The van der Waals surface area contributed by atoms with Crippen molar-refractivity contribution in [2.45, 2.75) is 18.9 Å². The molecule has 1 aromatic heterocycles. The number of nitrogens with one attached hydrogen (secondary N) is 1. The Morgan fingerprint density at radius 1 is 1.04 bits per heavy atom. The Morgan fingerprint density at radius 2 is 1.81 bits per heavy atom. The number of fused-ring (bicyclic) bond motifs is 1. The molecular formula is C21H19N3O2. The molecule has 5 nitrogen and oxygen atoms in total. The van der Waals surface area contributed by atoms with Gasteiger partial charge >= 0.3 is 0 Å². The van der Waals surface area contributed by atoms with E-state index in [0.29, 0.717) is 12.2 Å². The lowest BCUT2D eigenvalue weighted by Gasteiger charge is -2.19. The summed E-state index contributed by atoms with van der Waals surface area (Å²) in [4.78, 5) is 21.2. The number of para-hydroxylation sites is 1. The molecule has 1 atom stereocenters. The predicted molar refractivity (Wildman–Crippen MR) is 98.8 cm³/mol. The molecule has 1 N–H and O–H groups in total. The summed E-state index contributed by atoms with van der Waals surface area (Å²) in [6, 6.07) is 15.4. The molecule has 0 saturated carbocycles. The molecule has 0 unspecified atom stereocenters. The van der Waals surface area contributed by atoms with Crippen LogP contribution in [-0.2, 0) is 0 Å². The Kier molecular flexibility index (Phi) is 4.60. The maximum absolute atomic E-state index is 13.0. The minimum atomic E-state index is -0.105. The zero-order valence-electron chi connectivity index (χ0n) is 14.3. The first-order chi connectivity index (χ1) is 12.8. The van der Waals surface area contributed by atoms with Crippen molar-refractivity contribution in [2.75, 3.05) is 6.61 Å². The van der Waals surface area contributed by atoms with E-state index in [4.69, 9.17) is 4.74 Å². The molecule has 1 aliphatic rings. The lowest BCUT2D eigenvalue weighted by molar-refractivity contribution is 0.0935. The first-order valence-electron chi connectivity index (χ1n) is 8.70. The van der Waals surface area contributed by atoms with Crippen molar-refractivity contribution in [3.05, 3.63) is 78.4 Å². The highest BCUT2D eigenvalue weighted by molar-refractivity contribution is 6.01. The van der Waals surface area contributed by atoms with E-state index in [1.807, 2.05) is 48.5 Å². The van der Waals surface area contributed by atoms with Crippen molar-refractivity contribution in [2.24, 2.45) is 0 Å². The van der Waals surface area contributed by atoms with Gasteiger partial charge in [-0.25, -0.2) is 9.97 Å². The van der Waals surface area contributed by atoms with E-state index < -0.39 is 0 Å². The van der Waals surface area contributed by atoms with Crippen LogP contribution in [0.3, 0.4) is 0 Å². The number of aromatic nitrogens is 2. The summed E-state index contributed by atoms with van der Waals surface area (Å²) in [5, 5.41) is 3.18. The topological polar surface area (TPSA) is 64.1 Å². The Bertz CT molecular complexity index is 912. The largest absolute Gasteiger partial charge is 0.493 e. The summed E-state index contributed by atoms with van der Waals surface area (Å²) in [5.41, 5.74) is 3.29. The summed E-state index contributed by atoms with van der Waals surface area (Å²) in [7, 11) is 0. The number of benzene rings is 2. The molecule has 2 aromatic carbocycles. The van der Waals surface area contributed by atoms with Crippen molar-refractivity contribution in [3.63, 3.8) is 0 Å². The lowest BCUT2D eigenvalue weighted by atomic mass is 9.99. The number of amides is 1. The highest BCUT2D eigenvalue weighted by Gasteiger charge is 2.22. The van der Waals surface area contributed by atoms with Crippen LogP contribution in [0.5, 0.6) is 5.75 Å². The van der Waals surface area contributed by atoms with Gasteiger partial charge < -0.3 is 10.1 Å². The van der Waals surface area contributed by atoms with Crippen molar-refractivity contribution in [1.29, 1.82) is 0 Å². The number of hydrogen-bond acceptors (Lipinski definition) is 4. The maximum Gasteiger partial charge on any atom is 0.252 e. The van der Waals surface area contributed by atoms with Crippen LogP contribution in [0.25, 0.3) is 11.1 Å². The van der Waals surface area contributed by atoms with Gasteiger partial charge in [0.15, 0.2) is 0 Å². The van der Waals surface area contributed by atoms with Gasteiger partial charge in [-0.3, -0.25) is 4.79 Å². The van der Waals surface area contributed by atoms with Crippen molar-refractivity contribution >= 4 is 5.91 Å². The Hall–Kier alpha value is -3.21. The summed E-state index contributed by atoms with van der Waals surface area (Å²) in [5.74, 6) is 0.742. The number of nitrogens with zero attached hydrogens (tertiary/aromatic N) is 2. The minimum absolute atomic E-state index is 0.0683. The fourth-order valence-corrected chi connectivity index (χ4v) is 3.28. The van der Waals surface area contributed by atoms with E-state index in [1.165, 1.54) is 6.33 Å². The summed E-state index contributed by atoms with van der Waals surface area (Å²) >= 11 is 0. The normalized spacial score (nSPS) is 16.1. The smallest absolute Gasteiger partial charge is 0.252 e. The molecule has 0 spiro atoms. The zero-order valence-corrected chi connectivity index (χ0v) is 14.3. The summed E-state index contributed by atoms with van der Waals surface area (Å²) < 4.78 is 5.79. The molecule has 0 aliphatic carbocycles. The van der Waals surface area contributed by atoms with Crippen LogP contribution < -0.4 is 10.1 Å². The monoisotopic (exact) mass is 345 g/mol. The van der Waals surface area contributed by atoms with E-state index in [1.54, 1.807) is 12.4 Å². The third kappa shape index (κ3) is 3.28. The average Bonchev–Trinajstić information content (AvgIpc) is 2.91. The molecule has 2 heterocycles. The standard InChI is InChI=1S/C21H19N3O2/c25-21(17-7-2-1-6-16(17)15-12-22-14-23-13-15)24-19-9-5-11-26-20-10-4-3-8-18(19)20/h1-4,6-8,10,12-14,19H,5,9,11H2,(H,24,25)/t19-/m0/s1. The molecule has 4 rings (SSSR count). The quantitative estimate of drug-likeness (QED) is 0.784. The van der Waals surface area contributed by atoms with Crippen molar-refractivity contribution in [3.8, 4) is 16.9 Å². The van der Waals surface area contributed by atoms with Gasteiger partial charge in [0.25, 0.3) is 5.91 Å². The van der Waals surface area contributed by atoms with Gasteiger partial charge in [-0.05, 0) is 30.5 Å². The minimum Gasteiger partial charge on any atom is -0.493 e. The first kappa shape index (κ1) is 16.3. The second kappa shape index (κ2) is 7.35. The number of ether oxygens (including phenoxy) is 1. The van der Waals surface area contributed by atoms with Crippen LogP contribution in [0.2, 0.25) is 0 Å². The highest BCUT2D eigenvalue weighted by Crippen LogP contribution is 2.32. The van der Waals surface area contributed by atoms with E-state index in [2.05, 4.69) is 15.3 Å². The number of hydrogen-bond donors (Lipinski definition) is 1. The molecule has 130 valence electrons. The zero-order chi connectivity index (χ0) is 17.8. The molecule has 1 aliphatic heterocycles. The maximum atomic E-state index is 13.0. The molecule has 0 saturated heterocycles. The van der Waals surface area contributed by atoms with Crippen LogP contribution >= 0.6 is 0 Å². The summed E-state index contributed by atoms with van der Waals surface area (Å²) in [6.07, 6.45) is 6.66. The fourth-order valence-electron chi connectivity index (χ4n) is 3.28. The molecule has 0 radical (unpaired) electrons. The number of carbonyl (C=O) groups excluding carboxylic acids is 1. The van der Waals surface area contributed by atoms with E-state index >= 15 is 0 Å². The van der Waals surface area contributed by atoms with E-state index in [9.17, 15) is 4.79 Å². The Labute approximate surface area is 152 Å². The highest BCUT2D eigenvalue weighted by atomic mass is 16.5. The molecule has 0 fully saturated rings. The Morgan fingerprint density at radius 3 is 2.69 bits per heavy atom. The van der Waals surface area contributed by atoms with Gasteiger partial charge in [-0.2, -0.15) is 0 Å². The molecule has 0 bridgehead atoms. The van der Waals surface area contributed by atoms with Crippen LogP contribution in [0.15, 0.2) is 67.3 Å². The van der Waals surface area contributed by atoms with Crippen LogP contribution in [0.4, 0.5) is 0 Å². The fraction of sp³-hybridized carbons (Fsp3) is 0.190. The average molecular weight is 345 g/mol. The molecular weight excluding hydrogens is 326 g/mol.